The summed E-state index contributed by atoms with van der Waals surface area (Å²) in [4.78, 5) is 0. The molecule has 1 unspecified atom stereocenters. The summed E-state index contributed by atoms with van der Waals surface area (Å²) in [6, 6.07) is 5.79. The molecule has 0 aromatic heterocycles. The molecular formula is C16H25NO3. The van der Waals surface area contributed by atoms with Crippen LogP contribution in [0.5, 0.6) is 11.5 Å². The normalized spacial score (nSPS) is 25.8. The molecule has 2 atom stereocenters. The Bertz CT molecular complexity index is 487. The van der Waals surface area contributed by atoms with E-state index in [2.05, 4.69) is 20.8 Å². The number of hydrogen-bond acceptors (Lipinski definition) is 4. The van der Waals surface area contributed by atoms with Crippen LogP contribution >= 0.6 is 0 Å². The molecular weight excluding hydrogens is 254 g/mol. The van der Waals surface area contributed by atoms with Crippen LogP contribution in [0, 0.1) is 0 Å². The van der Waals surface area contributed by atoms with Crippen molar-refractivity contribution in [3.05, 3.63) is 23.8 Å². The molecule has 4 nitrogen and oxygen atoms in total. The van der Waals surface area contributed by atoms with E-state index in [1.807, 2.05) is 18.2 Å². The van der Waals surface area contributed by atoms with Crippen molar-refractivity contribution in [1.82, 2.24) is 0 Å². The second-order valence-electron chi connectivity index (χ2n) is 6.41. The molecule has 0 fully saturated rings. The average molecular weight is 279 g/mol. The van der Waals surface area contributed by atoms with E-state index >= 15 is 0 Å². The van der Waals surface area contributed by atoms with Gasteiger partial charge >= 0.3 is 0 Å². The van der Waals surface area contributed by atoms with Crippen molar-refractivity contribution in [1.29, 1.82) is 0 Å². The minimum atomic E-state index is -0.335. The maximum Gasteiger partial charge on any atom is 0.128 e. The average Bonchev–Trinajstić information content (AvgIpc) is 2.36. The van der Waals surface area contributed by atoms with Gasteiger partial charge in [-0.3, -0.25) is 0 Å². The van der Waals surface area contributed by atoms with Crippen molar-refractivity contribution in [2.75, 3.05) is 14.2 Å². The molecule has 0 amide bonds. The predicted octanol–water partition coefficient (Wildman–Crippen LogP) is 3.05. The molecule has 2 N–H and O–H groups in total. The van der Waals surface area contributed by atoms with E-state index < -0.39 is 0 Å². The third-order valence-corrected chi connectivity index (χ3v) is 3.98. The van der Waals surface area contributed by atoms with Gasteiger partial charge in [-0.1, -0.05) is 6.07 Å². The first-order valence-corrected chi connectivity index (χ1v) is 6.96. The number of fused-ring (bicyclic) bond motifs is 1. The second kappa shape index (κ2) is 5.26. The predicted molar refractivity (Wildman–Crippen MR) is 79.3 cm³/mol. The van der Waals surface area contributed by atoms with Gasteiger partial charge in [0.25, 0.3) is 0 Å². The molecule has 0 radical (unpaired) electrons. The highest BCUT2D eigenvalue weighted by Crippen LogP contribution is 2.43. The summed E-state index contributed by atoms with van der Waals surface area (Å²) < 4.78 is 17.0. The zero-order valence-corrected chi connectivity index (χ0v) is 13.0. The minimum Gasteiger partial charge on any atom is -0.497 e. The third-order valence-electron chi connectivity index (χ3n) is 3.98. The third kappa shape index (κ3) is 3.07. The second-order valence-corrected chi connectivity index (χ2v) is 6.41. The van der Waals surface area contributed by atoms with Crippen LogP contribution in [0.4, 0.5) is 0 Å². The molecule has 0 bridgehead atoms. The maximum absolute atomic E-state index is 6.31. The van der Waals surface area contributed by atoms with Gasteiger partial charge in [0.05, 0.1) is 12.7 Å². The molecule has 112 valence electrons. The largest absolute Gasteiger partial charge is 0.497 e. The summed E-state index contributed by atoms with van der Waals surface area (Å²) in [6.45, 7) is 6.22. The highest BCUT2D eigenvalue weighted by molar-refractivity contribution is 5.44. The monoisotopic (exact) mass is 279 g/mol. The van der Waals surface area contributed by atoms with Gasteiger partial charge in [-0.15, -0.1) is 0 Å². The van der Waals surface area contributed by atoms with Gasteiger partial charge in [-0.2, -0.15) is 0 Å². The van der Waals surface area contributed by atoms with Crippen LogP contribution in [0.25, 0.3) is 0 Å². The lowest BCUT2D eigenvalue weighted by Crippen LogP contribution is -2.45. The number of methoxy groups -OCH3 is 2. The number of ether oxygens (including phenoxy) is 3. The van der Waals surface area contributed by atoms with Gasteiger partial charge in [0.2, 0.25) is 0 Å². The van der Waals surface area contributed by atoms with E-state index in [4.69, 9.17) is 19.9 Å². The van der Waals surface area contributed by atoms with Crippen LogP contribution in [-0.4, -0.2) is 25.4 Å². The first-order chi connectivity index (χ1) is 9.28. The molecule has 1 aliphatic heterocycles. The van der Waals surface area contributed by atoms with Gasteiger partial charge in [0.15, 0.2) is 0 Å². The fourth-order valence-electron chi connectivity index (χ4n) is 3.00. The van der Waals surface area contributed by atoms with Crippen LogP contribution in [0.3, 0.4) is 0 Å². The van der Waals surface area contributed by atoms with Crippen LogP contribution in [0.2, 0.25) is 0 Å². The Morgan fingerprint density at radius 1 is 1.40 bits per heavy atom. The summed E-state index contributed by atoms with van der Waals surface area (Å²) in [5.74, 6) is 1.60. The van der Waals surface area contributed by atoms with Gasteiger partial charge in [0, 0.05) is 37.6 Å². The lowest BCUT2D eigenvalue weighted by molar-refractivity contribution is -0.0580. The van der Waals surface area contributed by atoms with Crippen molar-refractivity contribution in [3.63, 3.8) is 0 Å². The zero-order valence-electron chi connectivity index (χ0n) is 13.0. The fraction of sp³-hybridized carbons (Fsp3) is 0.625. The molecule has 1 heterocycles. The highest BCUT2D eigenvalue weighted by atomic mass is 16.5. The topological polar surface area (TPSA) is 53.7 Å². The molecule has 0 aliphatic carbocycles. The number of nitrogens with two attached hydrogens (primary N) is 1. The molecule has 1 aromatic rings. The van der Waals surface area contributed by atoms with Gasteiger partial charge in [0.1, 0.15) is 17.1 Å². The van der Waals surface area contributed by atoms with Gasteiger partial charge < -0.3 is 19.9 Å². The van der Waals surface area contributed by atoms with Crippen molar-refractivity contribution in [3.8, 4) is 11.5 Å². The Morgan fingerprint density at radius 3 is 2.70 bits per heavy atom. The van der Waals surface area contributed by atoms with E-state index in [9.17, 15) is 0 Å². The SMILES string of the molecule is COc1ccc2c(c1)OC(C)(CC(C)(C)OC)C[C@H]2N. The first-order valence-electron chi connectivity index (χ1n) is 6.96. The Labute approximate surface area is 121 Å². The fourth-order valence-corrected chi connectivity index (χ4v) is 3.00. The Hall–Kier alpha value is -1.26. The zero-order chi connectivity index (χ0) is 15.0. The lowest BCUT2D eigenvalue weighted by Gasteiger charge is -2.42. The highest BCUT2D eigenvalue weighted by Gasteiger charge is 2.40. The van der Waals surface area contributed by atoms with Gasteiger partial charge in [-0.05, 0) is 26.8 Å². The van der Waals surface area contributed by atoms with Crippen LogP contribution in [-0.2, 0) is 4.74 Å². The van der Waals surface area contributed by atoms with E-state index in [0.717, 1.165) is 29.9 Å². The number of rotatable bonds is 4. The molecule has 4 heteroatoms. The van der Waals surface area contributed by atoms with E-state index in [1.165, 1.54) is 0 Å². The standard InChI is InChI=1S/C16H25NO3/c1-15(2,19-5)10-16(3)9-13(17)12-7-6-11(18-4)8-14(12)20-16/h6-8,13H,9-10,17H2,1-5H3/t13-,16?/m1/s1. The van der Waals surface area contributed by atoms with Gasteiger partial charge in [-0.25, -0.2) is 0 Å². The lowest BCUT2D eigenvalue weighted by atomic mass is 9.82. The number of benzene rings is 1. The van der Waals surface area contributed by atoms with Crippen LogP contribution in [0.15, 0.2) is 18.2 Å². The Balaban J connectivity index is 2.29. The van der Waals surface area contributed by atoms with Crippen molar-refractivity contribution < 1.29 is 14.2 Å². The molecule has 20 heavy (non-hydrogen) atoms. The van der Waals surface area contributed by atoms with Crippen molar-refractivity contribution in [2.45, 2.75) is 50.9 Å². The molecule has 0 spiro atoms. The maximum atomic E-state index is 6.31. The van der Waals surface area contributed by atoms with Crippen LogP contribution in [0.1, 0.15) is 45.2 Å². The first kappa shape index (κ1) is 15.1. The summed E-state index contributed by atoms with van der Waals surface area (Å²) >= 11 is 0. The van der Waals surface area contributed by atoms with Crippen LogP contribution < -0.4 is 15.2 Å². The van der Waals surface area contributed by atoms with Crippen molar-refractivity contribution in [2.24, 2.45) is 5.73 Å². The smallest absolute Gasteiger partial charge is 0.128 e. The van der Waals surface area contributed by atoms with Crippen molar-refractivity contribution >= 4 is 0 Å². The molecule has 2 rings (SSSR count). The minimum absolute atomic E-state index is 0.0256. The summed E-state index contributed by atoms with van der Waals surface area (Å²) in [6.07, 6.45) is 1.56. The molecule has 1 aliphatic rings. The molecule has 0 saturated heterocycles. The van der Waals surface area contributed by atoms with E-state index in [-0.39, 0.29) is 17.2 Å². The van der Waals surface area contributed by atoms with E-state index in [0.29, 0.717) is 0 Å². The summed E-state index contributed by atoms with van der Waals surface area (Å²) in [7, 11) is 3.38. The Kier molecular flexibility index (Phi) is 3.98. The molecule has 0 saturated carbocycles. The van der Waals surface area contributed by atoms with E-state index in [1.54, 1.807) is 14.2 Å². The Morgan fingerprint density at radius 2 is 2.10 bits per heavy atom. The number of hydrogen-bond donors (Lipinski definition) is 1. The molecule has 1 aromatic carbocycles. The summed E-state index contributed by atoms with van der Waals surface area (Å²) in [5.41, 5.74) is 6.77. The quantitative estimate of drug-likeness (QED) is 0.920. The summed E-state index contributed by atoms with van der Waals surface area (Å²) in [5, 5.41) is 0.